The van der Waals surface area contributed by atoms with E-state index < -0.39 is 0 Å². The number of nitrogens with one attached hydrogen (secondary N) is 2. The van der Waals surface area contributed by atoms with Crippen LogP contribution in [0, 0.1) is 0 Å². The van der Waals surface area contributed by atoms with E-state index in [9.17, 15) is 0 Å². The van der Waals surface area contributed by atoms with Crippen molar-refractivity contribution in [2.24, 2.45) is 5.10 Å². The lowest BCUT2D eigenvalue weighted by molar-refractivity contribution is 0.874. The number of nitrogens with zero attached hydrogens (tertiary/aromatic N) is 1. The number of hydrazone groups is 1. The molecule has 9 heavy (non-hydrogen) atoms. The molecular weight excluding hydrogens is 114 g/mol. The molecule has 0 radical (unpaired) electrons. The third-order valence-electron chi connectivity index (χ3n) is 0.615. The van der Waals surface area contributed by atoms with E-state index in [-0.39, 0.29) is 0 Å². The second kappa shape index (κ2) is 5.15. The van der Waals surface area contributed by atoms with Crippen molar-refractivity contribution in [3.8, 4) is 0 Å². The van der Waals surface area contributed by atoms with Gasteiger partial charge in [0.25, 0.3) is 0 Å². The molecule has 0 aromatic rings. The van der Waals surface area contributed by atoms with Crippen LogP contribution in [-0.2, 0) is 0 Å². The number of rotatable bonds is 4. The number of hydrogen-bond donors (Lipinski definition) is 2. The molecule has 3 nitrogen and oxygen atoms in total. The van der Waals surface area contributed by atoms with Gasteiger partial charge in [0.15, 0.2) is 0 Å². The summed E-state index contributed by atoms with van der Waals surface area (Å²) in [5.74, 6) is 0. The molecular formula is C6H13N3. The van der Waals surface area contributed by atoms with Crippen molar-refractivity contribution in [2.45, 2.75) is 13.8 Å². The maximum atomic E-state index is 3.77. The first-order valence-corrected chi connectivity index (χ1v) is 2.93. The molecule has 0 aliphatic carbocycles. The van der Waals surface area contributed by atoms with Gasteiger partial charge in [0.2, 0.25) is 0 Å². The van der Waals surface area contributed by atoms with Gasteiger partial charge in [0.1, 0.15) is 6.34 Å². The molecule has 0 amide bonds. The van der Waals surface area contributed by atoms with Crippen LogP contribution in [0.5, 0.6) is 0 Å². The molecule has 0 unspecified atom stereocenters. The quantitative estimate of drug-likeness (QED) is 0.331. The van der Waals surface area contributed by atoms with Gasteiger partial charge in [-0.2, -0.15) is 5.10 Å². The van der Waals surface area contributed by atoms with Crippen LogP contribution in [-0.4, -0.2) is 12.9 Å². The highest BCUT2D eigenvalue weighted by atomic mass is 15.3. The summed E-state index contributed by atoms with van der Waals surface area (Å²) in [4.78, 5) is 0. The highest BCUT2D eigenvalue weighted by Gasteiger charge is 1.72. The molecule has 0 heterocycles. The fourth-order valence-electron chi connectivity index (χ4n) is 0.279. The minimum atomic E-state index is 0.837. The smallest absolute Gasteiger partial charge is 0.109 e. The summed E-state index contributed by atoms with van der Waals surface area (Å²) in [7, 11) is 0. The Labute approximate surface area is 55.8 Å². The molecule has 0 fully saturated rings. The van der Waals surface area contributed by atoms with E-state index in [1.54, 1.807) is 6.34 Å². The second-order valence-corrected chi connectivity index (χ2v) is 1.71. The van der Waals surface area contributed by atoms with Crippen LogP contribution in [0.15, 0.2) is 17.4 Å². The van der Waals surface area contributed by atoms with Gasteiger partial charge < -0.3 is 5.32 Å². The van der Waals surface area contributed by atoms with Crippen molar-refractivity contribution in [2.75, 3.05) is 6.54 Å². The van der Waals surface area contributed by atoms with Crippen molar-refractivity contribution in [3.05, 3.63) is 12.3 Å². The Bertz CT molecular complexity index is 107. The zero-order chi connectivity index (χ0) is 7.11. The summed E-state index contributed by atoms with van der Waals surface area (Å²) in [6, 6.07) is 0. The van der Waals surface area contributed by atoms with E-state index in [2.05, 4.69) is 22.4 Å². The summed E-state index contributed by atoms with van der Waals surface area (Å²) in [5.41, 5.74) is 3.53. The van der Waals surface area contributed by atoms with Gasteiger partial charge in [0, 0.05) is 12.2 Å². The molecule has 52 valence electrons. The van der Waals surface area contributed by atoms with E-state index in [4.69, 9.17) is 0 Å². The highest BCUT2D eigenvalue weighted by Crippen LogP contribution is 1.73. The Morgan fingerprint density at radius 2 is 2.44 bits per heavy atom. The van der Waals surface area contributed by atoms with Crippen LogP contribution >= 0.6 is 0 Å². The van der Waals surface area contributed by atoms with Crippen molar-refractivity contribution in [1.29, 1.82) is 0 Å². The molecule has 2 N–H and O–H groups in total. The fraction of sp³-hybridized carbons (Fsp3) is 0.500. The molecule has 0 atom stereocenters. The monoisotopic (exact) mass is 127 g/mol. The molecule has 0 aliphatic heterocycles. The minimum absolute atomic E-state index is 0.837. The lowest BCUT2D eigenvalue weighted by atomic mass is 10.6. The van der Waals surface area contributed by atoms with Crippen LogP contribution in [0.1, 0.15) is 13.8 Å². The van der Waals surface area contributed by atoms with Crippen molar-refractivity contribution in [1.82, 2.24) is 10.7 Å². The van der Waals surface area contributed by atoms with Crippen LogP contribution in [0.2, 0.25) is 0 Å². The predicted molar refractivity (Wildman–Crippen MR) is 40.1 cm³/mol. The van der Waals surface area contributed by atoms with Gasteiger partial charge in [0.05, 0.1) is 0 Å². The largest absolute Gasteiger partial charge is 0.375 e. The highest BCUT2D eigenvalue weighted by molar-refractivity contribution is 5.53. The van der Waals surface area contributed by atoms with Crippen molar-refractivity contribution in [3.63, 3.8) is 0 Å². The third kappa shape index (κ3) is 7.01. The number of hydrogen-bond acceptors (Lipinski definition) is 2. The normalized spacial score (nSPS) is 9.56. The number of allylic oxidation sites excluding steroid dienone is 1. The maximum Gasteiger partial charge on any atom is 0.109 e. The Hall–Kier alpha value is -0.990. The Morgan fingerprint density at radius 1 is 1.78 bits per heavy atom. The van der Waals surface area contributed by atoms with Gasteiger partial charge >= 0.3 is 0 Å². The van der Waals surface area contributed by atoms with Crippen LogP contribution < -0.4 is 10.7 Å². The molecule has 0 aromatic heterocycles. The summed E-state index contributed by atoms with van der Waals surface area (Å²) >= 11 is 0. The Kier molecular flexibility index (Phi) is 4.59. The first-order chi connectivity index (χ1) is 4.27. The van der Waals surface area contributed by atoms with Gasteiger partial charge in [-0.1, -0.05) is 6.58 Å². The lowest BCUT2D eigenvalue weighted by Crippen LogP contribution is -2.12. The molecule has 0 saturated heterocycles. The van der Waals surface area contributed by atoms with Gasteiger partial charge in [-0.3, -0.25) is 5.43 Å². The summed E-state index contributed by atoms with van der Waals surface area (Å²) in [5, 5.41) is 6.68. The molecule has 0 aromatic carbocycles. The standard InChI is InChI=1S/C6H13N3/c1-4-7-5-8-9-6(2)3/h5,9H,2,4H2,1,3H3,(H,7,8). The van der Waals surface area contributed by atoms with Crippen molar-refractivity contribution < 1.29 is 0 Å². The molecule has 0 spiro atoms. The average molecular weight is 127 g/mol. The van der Waals surface area contributed by atoms with Crippen LogP contribution in [0.25, 0.3) is 0 Å². The van der Waals surface area contributed by atoms with E-state index >= 15 is 0 Å². The third-order valence-corrected chi connectivity index (χ3v) is 0.615. The lowest BCUT2D eigenvalue weighted by Gasteiger charge is -1.94. The molecule has 0 saturated carbocycles. The average Bonchev–Trinajstić information content (AvgIpc) is 1.80. The first-order valence-electron chi connectivity index (χ1n) is 2.93. The SMILES string of the molecule is C=C(C)N/N=C\NCC. The van der Waals surface area contributed by atoms with Gasteiger partial charge in [-0.25, -0.2) is 0 Å². The van der Waals surface area contributed by atoms with Crippen LogP contribution in [0.4, 0.5) is 0 Å². The molecule has 3 heteroatoms. The summed E-state index contributed by atoms with van der Waals surface area (Å²) < 4.78 is 0. The van der Waals surface area contributed by atoms with E-state index in [1.807, 2.05) is 13.8 Å². The van der Waals surface area contributed by atoms with Gasteiger partial charge in [-0.15, -0.1) is 0 Å². The predicted octanol–water partition coefficient (Wildman–Crippen LogP) is 0.662. The Morgan fingerprint density at radius 3 is 2.89 bits per heavy atom. The fourth-order valence-corrected chi connectivity index (χ4v) is 0.279. The molecule has 0 rings (SSSR count). The van der Waals surface area contributed by atoms with Crippen LogP contribution in [0.3, 0.4) is 0 Å². The zero-order valence-corrected chi connectivity index (χ0v) is 5.94. The minimum Gasteiger partial charge on any atom is -0.375 e. The molecule has 0 aliphatic rings. The maximum absolute atomic E-state index is 3.77. The summed E-state index contributed by atoms with van der Waals surface area (Å²) in [6.45, 7) is 8.35. The van der Waals surface area contributed by atoms with E-state index in [1.165, 1.54) is 0 Å². The van der Waals surface area contributed by atoms with E-state index in [0.29, 0.717) is 0 Å². The Balaban J connectivity index is 3.14. The summed E-state index contributed by atoms with van der Waals surface area (Å²) in [6.07, 6.45) is 1.61. The first kappa shape index (κ1) is 8.01. The van der Waals surface area contributed by atoms with Gasteiger partial charge in [-0.05, 0) is 13.8 Å². The second-order valence-electron chi connectivity index (χ2n) is 1.71. The molecule has 0 bridgehead atoms. The van der Waals surface area contributed by atoms with Crippen molar-refractivity contribution >= 4 is 6.34 Å². The zero-order valence-electron chi connectivity index (χ0n) is 5.94. The van der Waals surface area contributed by atoms with E-state index in [0.717, 1.165) is 12.2 Å². The topological polar surface area (TPSA) is 36.4 Å².